The van der Waals surface area contributed by atoms with Gasteiger partial charge in [0, 0.05) is 31.8 Å². The van der Waals surface area contributed by atoms with E-state index >= 15 is 0 Å². The molecule has 3 rings (SSSR count). The Labute approximate surface area is 129 Å². The van der Waals surface area contributed by atoms with Gasteiger partial charge in [-0.1, -0.05) is 12.1 Å². The first kappa shape index (κ1) is 15.2. The lowest BCUT2D eigenvalue weighted by Gasteiger charge is -2.36. The standard InChI is InChI=1S/C16H21FN2O3/c1-22-6-5-15(21)19-9-12-7-13(19)8-18(12)14-4-2-3-11(10-20)16(14)17/h2-4,12-13,20H,5-10H2,1H3/t12-,13-/m0/s1. The van der Waals surface area contributed by atoms with Crippen LogP contribution in [0.25, 0.3) is 0 Å². The van der Waals surface area contributed by atoms with Crippen molar-refractivity contribution in [2.45, 2.75) is 31.5 Å². The molecule has 0 radical (unpaired) electrons. The Hall–Kier alpha value is -1.66. The van der Waals surface area contributed by atoms with Gasteiger partial charge in [0.1, 0.15) is 0 Å². The predicted molar refractivity (Wildman–Crippen MR) is 80.1 cm³/mol. The third-order valence-electron chi connectivity index (χ3n) is 4.62. The quantitative estimate of drug-likeness (QED) is 0.886. The van der Waals surface area contributed by atoms with Gasteiger partial charge >= 0.3 is 0 Å². The number of fused-ring (bicyclic) bond motifs is 2. The highest BCUT2D eigenvalue weighted by atomic mass is 19.1. The molecule has 2 fully saturated rings. The minimum Gasteiger partial charge on any atom is -0.392 e. The number of halogens is 1. The van der Waals surface area contributed by atoms with Crippen molar-refractivity contribution in [2.24, 2.45) is 0 Å². The molecule has 2 heterocycles. The summed E-state index contributed by atoms with van der Waals surface area (Å²) in [6.45, 7) is 1.41. The molecule has 0 saturated carbocycles. The predicted octanol–water partition coefficient (Wildman–Crippen LogP) is 1.14. The molecule has 0 aromatic heterocycles. The first-order valence-electron chi connectivity index (χ1n) is 7.59. The number of benzene rings is 1. The lowest BCUT2D eigenvalue weighted by atomic mass is 10.1. The number of amides is 1. The molecule has 1 aromatic rings. The highest BCUT2D eigenvalue weighted by Gasteiger charge is 2.45. The number of hydrogen-bond donors (Lipinski definition) is 1. The number of carbonyl (C=O) groups is 1. The zero-order valence-electron chi connectivity index (χ0n) is 12.7. The van der Waals surface area contributed by atoms with E-state index < -0.39 is 0 Å². The fourth-order valence-corrected chi connectivity index (χ4v) is 3.51. The van der Waals surface area contributed by atoms with Crippen molar-refractivity contribution in [3.05, 3.63) is 29.6 Å². The van der Waals surface area contributed by atoms with Crippen molar-refractivity contribution in [1.29, 1.82) is 0 Å². The van der Waals surface area contributed by atoms with Crippen LogP contribution in [0.3, 0.4) is 0 Å². The third kappa shape index (κ3) is 2.57. The lowest BCUT2D eigenvalue weighted by molar-refractivity contribution is -0.133. The van der Waals surface area contributed by atoms with Crippen LogP contribution in [0.2, 0.25) is 0 Å². The summed E-state index contributed by atoms with van der Waals surface area (Å²) in [6, 6.07) is 5.39. The van der Waals surface area contributed by atoms with Crippen molar-refractivity contribution in [2.75, 3.05) is 31.7 Å². The van der Waals surface area contributed by atoms with Crippen LogP contribution in [0.1, 0.15) is 18.4 Å². The SMILES string of the molecule is COCCC(=O)N1C[C@@H]2C[C@H]1CN2c1cccc(CO)c1F. The zero-order valence-corrected chi connectivity index (χ0v) is 12.7. The number of methoxy groups -OCH3 is 1. The molecule has 2 bridgehead atoms. The summed E-state index contributed by atoms with van der Waals surface area (Å²) in [7, 11) is 1.59. The molecule has 0 unspecified atom stereocenters. The first-order chi connectivity index (χ1) is 10.7. The number of nitrogens with zero attached hydrogens (tertiary/aromatic N) is 2. The molecule has 0 spiro atoms. The van der Waals surface area contributed by atoms with Crippen LogP contribution in [0.5, 0.6) is 0 Å². The average molecular weight is 308 g/mol. The van der Waals surface area contributed by atoms with Crippen LogP contribution in [0.4, 0.5) is 10.1 Å². The van der Waals surface area contributed by atoms with Crippen molar-refractivity contribution < 1.29 is 19.0 Å². The summed E-state index contributed by atoms with van der Waals surface area (Å²) in [5.74, 6) is -0.242. The number of rotatable bonds is 5. The topological polar surface area (TPSA) is 53.0 Å². The Morgan fingerprint density at radius 3 is 2.86 bits per heavy atom. The number of aliphatic hydroxyl groups excluding tert-OH is 1. The van der Waals surface area contributed by atoms with Gasteiger partial charge < -0.3 is 19.6 Å². The Bertz CT molecular complexity index is 566. The van der Waals surface area contributed by atoms with Crippen molar-refractivity contribution >= 4 is 11.6 Å². The Balaban J connectivity index is 1.71. The van der Waals surface area contributed by atoms with Crippen LogP contribution < -0.4 is 4.90 Å². The van der Waals surface area contributed by atoms with E-state index in [9.17, 15) is 14.3 Å². The molecule has 5 nitrogen and oxygen atoms in total. The van der Waals surface area contributed by atoms with E-state index in [4.69, 9.17) is 4.74 Å². The molecule has 2 saturated heterocycles. The second-order valence-electron chi connectivity index (χ2n) is 5.89. The molecule has 1 aromatic carbocycles. The molecule has 2 atom stereocenters. The molecule has 6 heteroatoms. The number of hydrogen-bond acceptors (Lipinski definition) is 4. The minimum absolute atomic E-state index is 0.110. The summed E-state index contributed by atoms with van der Waals surface area (Å²) < 4.78 is 19.3. The van der Waals surface area contributed by atoms with Crippen LogP contribution in [0.15, 0.2) is 18.2 Å². The van der Waals surface area contributed by atoms with Gasteiger partial charge in [0.05, 0.1) is 31.4 Å². The van der Waals surface area contributed by atoms with Gasteiger partial charge in [-0.05, 0) is 12.5 Å². The molecule has 2 aliphatic rings. The number of likely N-dealkylation sites (tertiary alicyclic amines) is 1. The van der Waals surface area contributed by atoms with E-state index in [1.165, 1.54) is 0 Å². The van der Waals surface area contributed by atoms with Gasteiger partial charge in [0.15, 0.2) is 5.82 Å². The van der Waals surface area contributed by atoms with E-state index in [2.05, 4.69) is 0 Å². The summed E-state index contributed by atoms with van der Waals surface area (Å²) in [5.41, 5.74) is 0.844. The van der Waals surface area contributed by atoms with Crippen LogP contribution in [-0.4, -0.2) is 54.8 Å². The molecular weight excluding hydrogens is 287 g/mol. The Kier molecular flexibility index (Phi) is 4.31. The molecule has 22 heavy (non-hydrogen) atoms. The summed E-state index contributed by atoms with van der Waals surface area (Å²) in [4.78, 5) is 16.0. The van der Waals surface area contributed by atoms with Gasteiger partial charge in [-0.3, -0.25) is 4.79 Å². The molecule has 1 amide bonds. The minimum atomic E-state index is -0.352. The smallest absolute Gasteiger partial charge is 0.225 e. The average Bonchev–Trinajstić information content (AvgIpc) is 3.13. The Morgan fingerprint density at radius 2 is 2.23 bits per heavy atom. The van der Waals surface area contributed by atoms with E-state index in [-0.39, 0.29) is 30.4 Å². The Morgan fingerprint density at radius 1 is 1.41 bits per heavy atom. The molecule has 0 aliphatic carbocycles. The fraction of sp³-hybridized carbons (Fsp3) is 0.562. The van der Waals surface area contributed by atoms with Crippen molar-refractivity contribution in [3.8, 4) is 0 Å². The summed E-state index contributed by atoms with van der Waals surface area (Å²) >= 11 is 0. The van der Waals surface area contributed by atoms with E-state index in [0.717, 1.165) is 6.42 Å². The van der Waals surface area contributed by atoms with Gasteiger partial charge in [0.25, 0.3) is 0 Å². The second kappa shape index (κ2) is 6.22. The number of carbonyl (C=O) groups excluding carboxylic acids is 1. The zero-order chi connectivity index (χ0) is 15.7. The van der Waals surface area contributed by atoms with Crippen LogP contribution in [-0.2, 0) is 16.1 Å². The normalized spacial score (nSPS) is 23.4. The molecule has 120 valence electrons. The molecule has 2 aliphatic heterocycles. The van der Waals surface area contributed by atoms with Crippen molar-refractivity contribution in [3.63, 3.8) is 0 Å². The second-order valence-corrected chi connectivity index (χ2v) is 5.89. The van der Waals surface area contributed by atoms with Crippen LogP contribution >= 0.6 is 0 Å². The van der Waals surface area contributed by atoms with Crippen LogP contribution in [0, 0.1) is 5.82 Å². The highest BCUT2D eigenvalue weighted by molar-refractivity contribution is 5.78. The van der Waals surface area contributed by atoms with Crippen molar-refractivity contribution in [1.82, 2.24) is 4.90 Å². The maximum absolute atomic E-state index is 14.4. The number of aliphatic hydroxyl groups is 1. The van der Waals surface area contributed by atoms with E-state index in [0.29, 0.717) is 37.4 Å². The monoisotopic (exact) mass is 308 g/mol. The van der Waals surface area contributed by atoms with Gasteiger partial charge in [-0.2, -0.15) is 0 Å². The molecule has 1 N–H and O–H groups in total. The summed E-state index contributed by atoms with van der Waals surface area (Å²) in [5, 5.41) is 9.19. The first-order valence-corrected chi connectivity index (χ1v) is 7.59. The highest BCUT2D eigenvalue weighted by Crippen LogP contribution is 2.36. The van der Waals surface area contributed by atoms with Gasteiger partial charge in [-0.25, -0.2) is 4.39 Å². The number of ether oxygens (including phenoxy) is 1. The maximum Gasteiger partial charge on any atom is 0.225 e. The van der Waals surface area contributed by atoms with Gasteiger partial charge in [-0.15, -0.1) is 0 Å². The summed E-state index contributed by atoms with van der Waals surface area (Å²) in [6.07, 6.45) is 1.27. The fourth-order valence-electron chi connectivity index (χ4n) is 3.51. The lowest BCUT2D eigenvalue weighted by Crippen LogP contribution is -2.49. The number of anilines is 1. The van der Waals surface area contributed by atoms with E-state index in [1.54, 1.807) is 25.3 Å². The largest absolute Gasteiger partial charge is 0.392 e. The number of piperazine rings is 1. The van der Waals surface area contributed by atoms with E-state index in [1.807, 2.05) is 9.80 Å². The third-order valence-corrected chi connectivity index (χ3v) is 4.62. The molecular formula is C16H21FN2O3. The van der Waals surface area contributed by atoms with Gasteiger partial charge in [0.2, 0.25) is 5.91 Å². The maximum atomic E-state index is 14.4.